The van der Waals surface area contributed by atoms with Crippen molar-refractivity contribution in [1.82, 2.24) is 4.90 Å². The van der Waals surface area contributed by atoms with Crippen LogP contribution in [0.5, 0.6) is 0 Å². The Labute approximate surface area is 126 Å². The van der Waals surface area contributed by atoms with E-state index in [-0.39, 0.29) is 12.5 Å². The zero-order valence-corrected chi connectivity index (χ0v) is 12.6. The molecule has 20 heavy (non-hydrogen) atoms. The lowest BCUT2D eigenvalue weighted by Gasteiger charge is -2.32. The van der Waals surface area contributed by atoms with Crippen LogP contribution >= 0.6 is 15.9 Å². The third kappa shape index (κ3) is 4.05. The van der Waals surface area contributed by atoms with Gasteiger partial charge >= 0.3 is 5.97 Å². The van der Waals surface area contributed by atoms with Gasteiger partial charge in [-0.05, 0) is 37.6 Å². The van der Waals surface area contributed by atoms with E-state index in [2.05, 4.69) is 21.2 Å². The minimum absolute atomic E-state index is 0.115. The number of piperidine rings is 1. The number of nitrogens with zero attached hydrogens (tertiary/aromatic N) is 1. The molecule has 108 valence electrons. The molecule has 5 nitrogen and oxygen atoms in total. The van der Waals surface area contributed by atoms with Gasteiger partial charge in [0, 0.05) is 10.2 Å². The first-order chi connectivity index (χ1) is 9.56. The Hall–Kier alpha value is -1.40. The largest absolute Gasteiger partial charge is 0.480 e. The molecular weight excluding hydrogens is 324 g/mol. The van der Waals surface area contributed by atoms with Gasteiger partial charge in [0.25, 0.3) is 0 Å². The Balaban J connectivity index is 1.94. The Bertz CT molecular complexity index is 507. The van der Waals surface area contributed by atoms with E-state index >= 15 is 0 Å². The number of carbonyl (C=O) groups excluding carboxylic acids is 1. The van der Waals surface area contributed by atoms with Gasteiger partial charge in [0.2, 0.25) is 5.91 Å². The first-order valence-electron chi connectivity index (χ1n) is 6.58. The maximum absolute atomic E-state index is 12.0. The number of halogens is 1. The predicted octanol–water partition coefficient (Wildman–Crippen LogP) is 2.33. The van der Waals surface area contributed by atoms with Crippen molar-refractivity contribution >= 4 is 33.5 Å². The Morgan fingerprint density at radius 2 is 2.20 bits per heavy atom. The number of amides is 1. The van der Waals surface area contributed by atoms with E-state index in [0.717, 1.165) is 17.3 Å². The molecule has 1 aromatic rings. The molecule has 1 saturated heterocycles. The minimum Gasteiger partial charge on any atom is -0.480 e. The number of benzene rings is 1. The average molecular weight is 341 g/mol. The molecule has 0 radical (unpaired) electrons. The summed E-state index contributed by atoms with van der Waals surface area (Å²) in [6, 6.07) is 6.77. The number of hydrogen-bond acceptors (Lipinski definition) is 3. The van der Waals surface area contributed by atoms with Gasteiger partial charge in [0.05, 0.1) is 6.54 Å². The lowest BCUT2D eigenvalue weighted by atomic mass is 10.0. The third-order valence-corrected chi connectivity index (χ3v) is 3.85. The lowest BCUT2D eigenvalue weighted by Crippen LogP contribution is -2.47. The normalized spacial score (nSPS) is 19.6. The second-order valence-electron chi connectivity index (χ2n) is 4.88. The molecule has 0 spiro atoms. The monoisotopic (exact) mass is 340 g/mol. The number of nitrogens with one attached hydrogen (secondary N) is 1. The number of carboxylic acids is 1. The molecule has 1 heterocycles. The van der Waals surface area contributed by atoms with Crippen LogP contribution in [0.3, 0.4) is 0 Å². The smallest absolute Gasteiger partial charge is 0.320 e. The molecule has 0 saturated carbocycles. The number of carboxylic acid groups (broad SMARTS) is 1. The van der Waals surface area contributed by atoms with Crippen molar-refractivity contribution in [2.24, 2.45) is 0 Å². The van der Waals surface area contributed by atoms with Crippen molar-refractivity contribution < 1.29 is 14.7 Å². The zero-order valence-electron chi connectivity index (χ0n) is 11.0. The molecule has 1 fully saturated rings. The fourth-order valence-electron chi connectivity index (χ4n) is 2.41. The second kappa shape index (κ2) is 6.85. The van der Waals surface area contributed by atoms with Crippen molar-refractivity contribution in [2.75, 3.05) is 18.4 Å². The van der Waals surface area contributed by atoms with Crippen LogP contribution in [0.2, 0.25) is 0 Å². The number of rotatable bonds is 4. The summed E-state index contributed by atoms with van der Waals surface area (Å²) in [4.78, 5) is 24.9. The van der Waals surface area contributed by atoms with Gasteiger partial charge in [-0.2, -0.15) is 0 Å². The molecule has 2 N–H and O–H groups in total. The van der Waals surface area contributed by atoms with Gasteiger partial charge in [-0.25, -0.2) is 0 Å². The number of aliphatic carboxylic acids is 1. The molecule has 1 atom stereocenters. The fraction of sp³-hybridized carbons (Fsp3) is 0.429. The Morgan fingerprint density at radius 1 is 1.40 bits per heavy atom. The quantitative estimate of drug-likeness (QED) is 0.882. The van der Waals surface area contributed by atoms with Crippen LogP contribution in [-0.4, -0.2) is 41.0 Å². The van der Waals surface area contributed by atoms with Crippen LogP contribution in [0.15, 0.2) is 28.7 Å². The molecule has 2 rings (SSSR count). The van der Waals surface area contributed by atoms with E-state index in [0.29, 0.717) is 18.7 Å². The summed E-state index contributed by atoms with van der Waals surface area (Å²) in [6.45, 7) is 0.770. The van der Waals surface area contributed by atoms with Crippen LogP contribution in [-0.2, 0) is 9.59 Å². The molecular formula is C14H17BrN2O3. The summed E-state index contributed by atoms with van der Waals surface area (Å²) in [7, 11) is 0. The third-order valence-electron chi connectivity index (χ3n) is 3.35. The first kappa shape index (κ1) is 15.0. The van der Waals surface area contributed by atoms with Crippen molar-refractivity contribution in [1.29, 1.82) is 0 Å². The zero-order chi connectivity index (χ0) is 14.5. The van der Waals surface area contributed by atoms with Crippen molar-refractivity contribution in [3.05, 3.63) is 28.7 Å². The fourth-order valence-corrected chi connectivity index (χ4v) is 2.81. The van der Waals surface area contributed by atoms with Crippen LogP contribution < -0.4 is 5.32 Å². The summed E-state index contributed by atoms with van der Waals surface area (Å²) >= 11 is 3.34. The van der Waals surface area contributed by atoms with Gasteiger partial charge in [-0.3, -0.25) is 14.5 Å². The molecule has 1 aliphatic rings. The van der Waals surface area contributed by atoms with E-state index < -0.39 is 12.0 Å². The summed E-state index contributed by atoms with van der Waals surface area (Å²) in [5.41, 5.74) is 0.702. The average Bonchev–Trinajstić information content (AvgIpc) is 2.38. The SMILES string of the molecule is O=C(CN1CCCCC1C(=O)O)Nc1cccc(Br)c1. The number of anilines is 1. The lowest BCUT2D eigenvalue weighted by molar-refractivity contribution is -0.145. The second-order valence-corrected chi connectivity index (χ2v) is 5.79. The first-order valence-corrected chi connectivity index (χ1v) is 7.38. The van der Waals surface area contributed by atoms with E-state index in [1.807, 2.05) is 18.2 Å². The summed E-state index contributed by atoms with van der Waals surface area (Å²) in [5.74, 6) is -1.03. The predicted molar refractivity (Wildman–Crippen MR) is 79.6 cm³/mol. The van der Waals surface area contributed by atoms with Gasteiger partial charge in [-0.1, -0.05) is 28.4 Å². The van der Waals surface area contributed by atoms with Gasteiger partial charge in [0.1, 0.15) is 6.04 Å². The van der Waals surface area contributed by atoms with Crippen molar-refractivity contribution in [3.8, 4) is 0 Å². The van der Waals surface area contributed by atoms with Crippen LogP contribution in [0.4, 0.5) is 5.69 Å². The highest BCUT2D eigenvalue weighted by Gasteiger charge is 2.29. The molecule has 1 aromatic carbocycles. The highest BCUT2D eigenvalue weighted by atomic mass is 79.9. The maximum Gasteiger partial charge on any atom is 0.320 e. The molecule has 1 unspecified atom stereocenters. The number of hydrogen-bond donors (Lipinski definition) is 2. The van der Waals surface area contributed by atoms with Gasteiger partial charge in [0.15, 0.2) is 0 Å². The van der Waals surface area contributed by atoms with E-state index in [1.165, 1.54) is 0 Å². The van der Waals surface area contributed by atoms with Crippen molar-refractivity contribution in [2.45, 2.75) is 25.3 Å². The Morgan fingerprint density at radius 3 is 2.90 bits per heavy atom. The molecule has 6 heteroatoms. The molecule has 1 amide bonds. The van der Waals surface area contributed by atoms with Gasteiger partial charge in [-0.15, -0.1) is 0 Å². The topological polar surface area (TPSA) is 69.6 Å². The van der Waals surface area contributed by atoms with Crippen LogP contribution in [0.25, 0.3) is 0 Å². The highest BCUT2D eigenvalue weighted by Crippen LogP contribution is 2.18. The number of likely N-dealkylation sites (tertiary alicyclic amines) is 1. The van der Waals surface area contributed by atoms with Crippen LogP contribution in [0, 0.1) is 0 Å². The Kier molecular flexibility index (Phi) is 5.14. The van der Waals surface area contributed by atoms with Crippen LogP contribution in [0.1, 0.15) is 19.3 Å². The molecule has 0 bridgehead atoms. The highest BCUT2D eigenvalue weighted by molar-refractivity contribution is 9.10. The molecule has 0 aromatic heterocycles. The molecule has 0 aliphatic carbocycles. The van der Waals surface area contributed by atoms with E-state index in [4.69, 9.17) is 5.11 Å². The van der Waals surface area contributed by atoms with E-state index in [1.54, 1.807) is 11.0 Å². The summed E-state index contributed by atoms with van der Waals surface area (Å²) in [5, 5.41) is 12.0. The van der Waals surface area contributed by atoms with E-state index in [9.17, 15) is 9.59 Å². The standard InChI is InChI=1S/C14H17BrN2O3/c15-10-4-3-5-11(8-10)16-13(18)9-17-7-2-1-6-12(17)14(19)20/h3-5,8,12H,1-2,6-7,9H2,(H,16,18)(H,19,20). The van der Waals surface area contributed by atoms with Crippen molar-refractivity contribution in [3.63, 3.8) is 0 Å². The summed E-state index contributed by atoms with van der Waals surface area (Å²) < 4.78 is 0.886. The maximum atomic E-state index is 12.0. The molecule has 1 aliphatic heterocycles. The number of carbonyl (C=O) groups is 2. The van der Waals surface area contributed by atoms with Gasteiger partial charge < -0.3 is 10.4 Å². The minimum atomic E-state index is -0.847. The summed E-state index contributed by atoms with van der Waals surface area (Å²) in [6.07, 6.45) is 2.45.